The molecule has 6 amide bonds. The van der Waals surface area contributed by atoms with E-state index in [4.69, 9.17) is 4.74 Å². The lowest BCUT2D eigenvalue weighted by Gasteiger charge is -2.25. The van der Waals surface area contributed by atoms with E-state index >= 15 is 0 Å². The molecule has 0 spiro atoms. The van der Waals surface area contributed by atoms with Crippen LogP contribution in [0.5, 0.6) is 0 Å². The molecular weight excluding hydrogens is 496 g/mol. The molecule has 2 rings (SSSR count). The summed E-state index contributed by atoms with van der Waals surface area (Å²) in [6, 6.07) is -0.308. The first-order valence-corrected chi connectivity index (χ1v) is 15.1. The predicted molar refractivity (Wildman–Crippen MR) is 153 cm³/mol. The third-order valence-electron chi connectivity index (χ3n) is 8.25. The molecule has 0 radical (unpaired) electrons. The Morgan fingerprint density at radius 2 is 1.10 bits per heavy atom. The van der Waals surface area contributed by atoms with Crippen molar-refractivity contribution in [1.29, 1.82) is 0 Å². The summed E-state index contributed by atoms with van der Waals surface area (Å²) in [7, 11) is 1.67. The van der Waals surface area contributed by atoms with E-state index in [1.165, 1.54) is 14.7 Å². The molecule has 0 unspecified atom stereocenters. The van der Waals surface area contributed by atoms with Crippen molar-refractivity contribution in [1.82, 2.24) is 19.6 Å². The van der Waals surface area contributed by atoms with E-state index in [2.05, 4.69) is 27.7 Å². The molecule has 2 aliphatic heterocycles. The van der Waals surface area contributed by atoms with Crippen molar-refractivity contribution in [3.8, 4) is 0 Å². The Labute approximate surface area is 236 Å². The molecular formula is C30H54N4O5. The molecule has 2 saturated heterocycles. The van der Waals surface area contributed by atoms with Crippen molar-refractivity contribution in [2.24, 2.45) is 10.8 Å². The number of rotatable bonds is 20. The molecule has 224 valence electrons. The minimum atomic E-state index is -0.173. The average molecular weight is 551 g/mol. The van der Waals surface area contributed by atoms with E-state index in [9.17, 15) is 19.2 Å². The number of likely N-dealkylation sites (N-methyl/N-ethyl adjacent to an activating group) is 2. The Balaban J connectivity index is 1.44. The summed E-state index contributed by atoms with van der Waals surface area (Å²) in [6.07, 6.45) is 11.5. The first-order valence-electron chi connectivity index (χ1n) is 15.1. The number of unbranched alkanes of at least 4 members (excludes halogenated alkanes) is 3. The highest BCUT2D eigenvalue weighted by molar-refractivity contribution is 6.02. The summed E-state index contributed by atoms with van der Waals surface area (Å²) in [6.45, 7) is 14.7. The second-order valence-corrected chi connectivity index (χ2v) is 12.9. The molecule has 9 heteroatoms. The zero-order valence-corrected chi connectivity index (χ0v) is 25.6. The summed E-state index contributed by atoms with van der Waals surface area (Å²) in [5.41, 5.74) is 0.448. The summed E-state index contributed by atoms with van der Waals surface area (Å²) < 4.78 is 5.88. The van der Waals surface area contributed by atoms with Gasteiger partial charge in [-0.15, -0.1) is 0 Å². The SMILES string of the molecule is CCN1CC(=O)N(CCCCC(C)(C)CCCCOCCCCC(C)(C)CCCN2C(=O)CN(C)C2=O)C1=O. The van der Waals surface area contributed by atoms with Crippen LogP contribution in [0.15, 0.2) is 0 Å². The van der Waals surface area contributed by atoms with Gasteiger partial charge in [-0.3, -0.25) is 19.4 Å². The number of ether oxygens (including phenoxy) is 1. The summed E-state index contributed by atoms with van der Waals surface area (Å²) in [5.74, 6) is -0.154. The van der Waals surface area contributed by atoms with E-state index in [0.717, 1.165) is 83.8 Å². The van der Waals surface area contributed by atoms with Crippen molar-refractivity contribution in [2.75, 3.05) is 53.0 Å². The van der Waals surface area contributed by atoms with Crippen molar-refractivity contribution in [3.63, 3.8) is 0 Å². The maximum Gasteiger partial charge on any atom is 0.327 e. The number of carbonyl (C=O) groups is 4. The van der Waals surface area contributed by atoms with Crippen LogP contribution in [0.1, 0.15) is 105 Å². The highest BCUT2D eigenvalue weighted by atomic mass is 16.5. The van der Waals surface area contributed by atoms with Gasteiger partial charge in [0.1, 0.15) is 13.1 Å². The van der Waals surface area contributed by atoms with E-state index in [0.29, 0.717) is 19.6 Å². The van der Waals surface area contributed by atoms with Gasteiger partial charge in [0.2, 0.25) is 11.8 Å². The highest BCUT2D eigenvalue weighted by Crippen LogP contribution is 2.31. The van der Waals surface area contributed by atoms with Crippen LogP contribution in [-0.2, 0) is 14.3 Å². The van der Waals surface area contributed by atoms with Gasteiger partial charge in [0.25, 0.3) is 0 Å². The molecule has 2 fully saturated rings. The molecule has 0 aromatic rings. The molecule has 0 aromatic heterocycles. The molecule has 0 atom stereocenters. The van der Waals surface area contributed by atoms with Crippen LogP contribution in [0.25, 0.3) is 0 Å². The zero-order valence-electron chi connectivity index (χ0n) is 25.6. The third-order valence-corrected chi connectivity index (χ3v) is 8.25. The number of hydrogen-bond acceptors (Lipinski definition) is 5. The smallest absolute Gasteiger partial charge is 0.327 e. The second-order valence-electron chi connectivity index (χ2n) is 12.9. The normalized spacial score (nSPS) is 17.0. The predicted octanol–water partition coefficient (Wildman–Crippen LogP) is 5.52. The quantitative estimate of drug-likeness (QED) is 0.147. The monoisotopic (exact) mass is 550 g/mol. The number of urea groups is 2. The molecule has 0 bridgehead atoms. The fourth-order valence-corrected chi connectivity index (χ4v) is 5.51. The van der Waals surface area contributed by atoms with Gasteiger partial charge >= 0.3 is 12.1 Å². The number of amides is 6. The highest BCUT2D eigenvalue weighted by Gasteiger charge is 2.35. The Morgan fingerprint density at radius 1 is 0.641 bits per heavy atom. The Bertz CT molecular complexity index is 828. The molecule has 0 aromatic carbocycles. The van der Waals surface area contributed by atoms with Crippen molar-refractivity contribution < 1.29 is 23.9 Å². The molecule has 9 nitrogen and oxygen atoms in total. The Kier molecular flexibility index (Phi) is 13.2. The van der Waals surface area contributed by atoms with Crippen LogP contribution in [0.3, 0.4) is 0 Å². The third kappa shape index (κ3) is 11.1. The van der Waals surface area contributed by atoms with E-state index in [1.54, 1.807) is 11.9 Å². The van der Waals surface area contributed by atoms with E-state index in [1.807, 2.05) is 6.92 Å². The first-order chi connectivity index (χ1) is 18.4. The Morgan fingerprint density at radius 3 is 1.59 bits per heavy atom. The fourth-order valence-electron chi connectivity index (χ4n) is 5.51. The molecule has 39 heavy (non-hydrogen) atoms. The number of hydrogen-bond donors (Lipinski definition) is 0. The Hall–Kier alpha value is -2.16. The number of imide groups is 2. The lowest BCUT2D eigenvalue weighted by atomic mass is 9.82. The average Bonchev–Trinajstić information content (AvgIpc) is 3.28. The molecule has 0 aliphatic carbocycles. The largest absolute Gasteiger partial charge is 0.381 e. The van der Waals surface area contributed by atoms with Gasteiger partial charge in [-0.2, -0.15) is 0 Å². The molecule has 0 saturated carbocycles. The minimum Gasteiger partial charge on any atom is -0.381 e. The van der Waals surface area contributed by atoms with Crippen LogP contribution in [-0.4, -0.2) is 96.5 Å². The van der Waals surface area contributed by atoms with Crippen molar-refractivity contribution in [3.05, 3.63) is 0 Å². The van der Waals surface area contributed by atoms with Crippen LogP contribution in [0, 0.1) is 10.8 Å². The van der Waals surface area contributed by atoms with Crippen LogP contribution in [0.2, 0.25) is 0 Å². The lowest BCUT2D eigenvalue weighted by molar-refractivity contribution is -0.126. The summed E-state index contributed by atoms with van der Waals surface area (Å²) in [4.78, 5) is 53.9. The van der Waals surface area contributed by atoms with Gasteiger partial charge in [0, 0.05) is 39.9 Å². The van der Waals surface area contributed by atoms with Crippen molar-refractivity contribution >= 4 is 23.9 Å². The van der Waals surface area contributed by atoms with Gasteiger partial charge < -0.3 is 14.5 Å². The standard InChI is InChI=1S/C30H54N4O5/c1-7-32-24-26(36)34(28(32)38)19-11-8-15-29(2,3)16-9-12-21-39-22-13-10-17-30(4,5)18-14-20-33-25(35)23-31(6)27(33)37/h7-24H2,1-6H3. The fraction of sp³-hybridized carbons (Fsp3) is 0.867. The van der Waals surface area contributed by atoms with Gasteiger partial charge in [-0.05, 0) is 69.1 Å². The summed E-state index contributed by atoms with van der Waals surface area (Å²) in [5, 5.41) is 0. The van der Waals surface area contributed by atoms with Crippen LogP contribution in [0.4, 0.5) is 9.59 Å². The van der Waals surface area contributed by atoms with Crippen molar-refractivity contribution in [2.45, 2.75) is 105 Å². The minimum absolute atomic E-state index is 0.0661. The first kappa shape index (κ1) is 33.0. The summed E-state index contributed by atoms with van der Waals surface area (Å²) >= 11 is 0. The topological polar surface area (TPSA) is 90.5 Å². The molecule has 0 N–H and O–H groups in total. The van der Waals surface area contributed by atoms with Gasteiger partial charge in [0.05, 0.1) is 0 Å². The zero-order chi connectivity index (χ0) is 29.1. The van der Waals surface area contributed by atoms with Crippen LogP contribution >= 0.6 is 0 Å². The molecule has 2 aliphatic rings. The van der Waals surface area contributed by atoms with Gasteiger partial charge in [-0.1, -0.05) is 47.0 Å². The number of nitrogens with zero attached hydrogens (tertiary/aromatic N) is 4. The van der Waals surface area contributed by atoms with E-state index in [-0.39, 0.29) is 47.8 Å². The van der Waals surface area contributed by atoms with Crippen LogP contribution < -0.4 is 0 Å². The maximum atomic E-state index is 12.2. The van der Waals surface area contributed by atoms with Gasteiger partial charge in [-0.25, -0.2) is 9.59 Å². The number of carbonyl (C=O) groups excluding carboxylic acids is 4. The van der Waals surface area contributed by atoms with E-state index < -0.39 is 0 Å². The lowest BCUT2D eigenvalue weighted by Crippen LogP contribution is -2.33. The van der Waals surface area contributed by atoms with Gasteiger partial charge in [0.15, 0.2) is 0 Å². The second kappa shape index (κ2) is 15.6. The molecule has 2 heterocycles. The maximum absolute atomic E-state index is 12.2.